The number of hydrogen-bond acceptors (Lipinski definition) is 11. The van der Waals surface area contributed by atoms with Crippen LogP contribution < -0.4 is 0 Å². The predicted octanol–water partition coefficient (Wildman–Crippen LogP) is 6.60. The fraction of sp³-hybridized carbons (Fsp3) is 0.882. The summed E-state index contributed by atoms with van der Waals surface area (Å²) in [6.07, 6.45) is 15.8. The number of ether oxygens (including phenoxy) is 7. The van der Waals surface area contributed by atoms with Crippen molar-refractivity contribution >= 4 is 11.8 Å². The Morgan fingerprint density at radius 2 is 1.47 bits per heavy atom. The van der Waals surface area contributed by atoms with E-state index in [1.165, 1.54) is 81.3 Å². The molecule has 268 valence electrons. The van der Waals surface area contributed by atoms with Gasteiger partial charge in [-0.3, -0.25) is 4.79 Å². The molecule has 0 bridgehead atoms. The van der Waals surface area contributed by atoms with Gasteiger partial charge in [-0.15, -0.1) is 0 Å². The van der Waals surface area contributed by atoms with Crippen LogP contribution in [0.4, 0.5) is 5.82 Å². The number of nitro groups is 1. The van der Waals surface area contributed by atoms with Gasteiger partial charge in [-0.25, -0.2) is 0 Å². The van der Waals surface area contributed by atoms with E-state index in [0.29, 0.717) is 6.42 Å². The van der Waals surface area contributed by atoms with E-state index < -0.39 is 53.3 Å². The van der Waals surface area contributed by atoms with Crippen LogP contribution in [0, 0.1) is 10.1 Å². The number of rotatable bonds is 22. The Hall–Kier alpha value is -2.16. The number of hydrogen-bond donors (Lipinski definition) is 0. The van der Waals surface area contributed by atoms with Crippen LogP contribution in [0.5, 0.6) is 0 Å². The molecule has 13 nitrogen and oxygen atoms in total. The number of carbonyl (C=O) groups excluding carboxylic acids is 1. The maximum absolute atomic E-state index is 12.8. The second kappa shape index (κ2) is 18.0. The normalized spacial score (nSPS) is 26.5. The molecule has 4 heterocycles. The Bertz CT molecular complexity index is 1110. The van der Waals surface area contributed by atoms with Gasteiger partial charge in [-0.1, -0.05) is 84.0 Å². The summed E-state index contributed by atoms with van der Waals surface area (Å²) in [5, 5.41) is 11.1. The third-order valence-corrected chi connectivity index (χ3v) is 8.84. The number of fused-ring (bicyclic) bond motifs is 3. The number of esters is 1. The van der Waals surface area contributed by atoms with Crippen LogP contribution in [-0.4, -0.2) is 82.0 Å². The zero-order valence-corrected chi connectivity index (χ0v) is 29.1. The minimum atomic E-state index is -0.830. The average molecular weight is 668 g/mol. The van der Waals surface area contributed by atoms with E-state index in [2.05, 4.69) is 11.9 Å². The van der Waals surface area contributed by atoms with Crippen LogP contribution in [0.3, 0.4) is 0 Å². The maximum atomic E-state index is 12.8. The summed E-state index contributed by atoms with van der Waals surface area (Å²) in [4.78, 5) is 27.2. The van der Waals surface area contributed by atoms with Crippen molar-refractivity contribution in [2.24, 2.45) is 0 Å². The second-order valence-electron chi connectivity index (χ2n) is 14.0. The Balaban J connectivity index is 1.20. The summed E-state index contributed by atoms with van der Waals surface area (Å²) in [5.74, 6) is -2.25. The van der Waals surface area contributed by atoms with E-state index >= 15 is 0 Å². The van der Waals surface area contributed by atoms with Crippen LogP contribution in [0.25, 0.3) is 0 Å². The molecule has 3 saturated heterocycles. The van der Waals surface area contributed by atoms with E-state index in [9.17, 15) is 14.9 Å². The molecule has 0 amide bonds. The van der Waals surface area contributed by atoms with Gasteiger partial charge in [0.05, 0.1) is 19.8 Å². The van der Waals surface area contributed by atoms with Crippen molar-refractivity contribution in [3.8, 4) is 0 Å². The molecule has 3 aliphatic rings. The highest BCUT2D eigenvalue weighted by molar-refractivity contribution is 5.69. The van der Waals surface area contributed by atoms with Gasteiger partial charge in [0.1, 0.15) is 36.7 Å². The van der Waals surface area contributed by atoms with E-state index in [4.69, 9.17) is 33.2 Å². The van der Waals surface area contributed by atoms with Gasteiger partial charge in [-0.05, 0) is 44.0 Å². The summed E-state index contributed by atoms with van der Waals surface area (Å²) in [5.41, 5.74) is 0. The third-order valence-electron chi connectivity index (χ3n) is 8.84. The summed E-state index contributed by atoms with van der Waals surface area (Å²) >= 11 is 0. The zero-order valence-electron chi connectivity index (χ0n) is 29.1. The van der Waals surface area contributed by atoms with Gasteiger partial charge in [-0.2, -0.15) is 0 Å². The fourth-order valence-corrected chi connectivity index (χ4v) is 6.58. The highest BCUT2D eigenvalue weighted by atomic mass is 16.9. The minimum absolute atomic E-state index is 0.0504. The fourth-order valence-electron chi connectivity index (χ4n) is 6.58. The van der Waals surface area contributed by atoms with Crippen molar-refractivity contribution in [2.45, 2.75) is 179 Å². The van der Waals surface area contributed by atoms with Gasteiger partial charge >= 0.3 is 11.8 Å². The Kier molecular flexibility index (Phi) is 14.4. The first-order valence-corrected chi connectivity index (χ1v) is 17.8. The van der Waals surface area contributed by atoms with Crippen molar-refractivity contribution in [2.75, 3.05) is 13.2 Å². The predicted molar refractivity (Wildman–Crippen MR) is 172 cm³/mol. The van der Waals surface area contributed by atoms with Crippen LogP contribution >= 0.6 is 0 Å². The molecule has 0 N–H and O–H groups in total. The minimum Gasteiger partial charge on any atom is -0.458 e. The molecule has 0 saturated carbocycles. The summed E-state index contributed by atoms with van der Waals surface area (Å²) in [7, 11) is 0. The summed E-state index contributed by atoms with van der Waals surface area (Å²) in [6.45, 7) is 9.93. The molecular weight excluding hydrogens is 610 g/mol. The van der Waals surface area contributed by atoms with Crippen LogP contribution in [-0.2, 0) is 44.5 Å². The molecule has 1 aromatic heterocycles. The molecule has 3 aliphatic heterocycles. The Morgan fingerprint density at radius 3 is 2.09 bits per heavy atom. The highest BCUT2D eigenvalue weighted by Gasteiger charge is 2.60. The first kappa shape index (κ1) is 37.7. The quantitative estimate of drug-likeness (QED) is 0.0571. The number of aromatic nitrogens is 2. The smallest absolute Gasteiger partial charge is 0.381 e. The zero-order chi connectivity index (χ0) is 33.9. The summed E-state index contributed by atoms with van der Waals surface area (Å²) in [6, 6.07) is 0. The Morgan fingerprint density at radius 1 is 0.894 bits per heavy atom. The molecule has 13 heteroatoms. The van der Waals surface area contributed by atoms with E-state index in [0.717, 1.165) is 19.3 Å². The number of unbranched alkanes of at least 4 members (excludes halogenated alkanes) is 12. The second-order valence-corrected chi connectivity index (χ2v) is 14.0. The highest BCUT2D eigenvalue weighted by Crippen LogP contribution is 2.44. The van der Waals surface area contributed by atoms with Gasteiger partial charge in [0.2, 0.25) is 6.33 Å². The lowest BCUT2D eigenvalue weighted by atomic mass is 9.99. The number of carbonyl (C=O) groups is 1. The number of nitrogens with zero attached hydrogens (tertiary/aromatic N) is 3. The van der Waals surface area contributed by atoms with E-state index in [1.54, 1.807) is 0 Å². The van der Waals surface area contributed by atoms with Gasteiger partial charge < -0.3 is 47.8 Å². The maximum Gasteiger partial charge on any atom is 0.381 e. The molecule has 0 aliphatic carbocycles. The lowest BCUT2D eigenvalue weighted by molar-refractivity contribution is -0.389. The molecule has 6 atom stereocenters. The molecule has 1 unspecified atom stereocenters. The number of imidazole rings is 1. The molecule has 0 radical (unpaired) electrons. The SMILES string of the molecule is CCCCCCCCCCCCCCCC(=O)OC(COC[C@H]1O[C@@H]2OC(C)(C)O[C@@H]2[C@H]2OC(C)(C)O[C@H]21)Cn1cnc([N+](=O)[O-])c1. The van der Waals surface area contributed by atoms with Crippen molar-refractivity contribution in [1.29, 1.82) is 0 Å². The van der Waals surface area contributed by atoms with Crippen molar-refractivity contribution < 1.29 is 42.9 Å². The molecule has 1 aromatic rings. The van der Waals surface area contributed by atoms with Gasteiger partial charge in [0.15, 0.2) is 17.9 Å². The Labute approximate surface area is 279 Å². The van der Waals surface area contributed by atoms with Crippen LogP contribution in [0.1, 0.15) is 125 Å². The molecule has 4 rings (SSSR count). The lowest BCUT2D eigenvalue weighted by Crippen LogP contribution is -2.56. The van der Waals surface area contributed by atoms with Crippen molar-refractivity contribution in [1.82, 2.24) is 9.55 Å². The van der Waals surface area contributed by atoms with Crippen molar-refractivity contribution in [3.05, 3.63) is 22.6 Å². The van der Waals surface area contributed by atoms with Crippen LogP contribution in [0.2, 0.25) is 0 Å². The van der Waals surface area contributed by atoms with E-state index in [-0.39, 0.29) is 31.5 Å². The molecule has 0 spiro atoms. The first-order valence-electron chi connectivity index (χ1n) is 17.8. The lowest BCUT2D eigenvalue weighted by Gasteiger charge is -2.37. The average Bonchev–Trinajstić information content (AvgIpc) is 3.69. The van der Waals surface area contributed by atoms with E-state index in [1.807, 2.05) is 27.7 Å². The molecular formula is C34H57N3O10. The monoisotopic (exact) mass is 667 g/mol. The van der Waals surface area contributed by atoms with Crippen molar-refractivity contribution in [3.63, 3.8) is 0 Å². The molecule has 47 heavy (non-hydrogen) atoms. The largest absolute Gasteiger partial charge is 0.458 e. The summed E-state index contributed by atoms with van der Waals surface area (Å²) < 4.78 is 44.0. The first-order chi connectivity index (χ1) is 22.5. The molecule has 3 fully saturated rings. The van der Waals surface area contributed by atoms with Gasteiger partial charge in [0.25, 0.3) is 0 Å². The topological polar surface area (TPSA) is 143 Å². The molecule has 0 aromatic carbocycles. The van der Waals surface area contributed by atoms with Crippen LogP contribution in [0.15, 0.2) is 12.5 Å². The van der Waals surface area contributed by atoms with Gasteiger partial charge in [0, 0.05) is 6.42 Å². The standard InChI is InChI=1S/C34H57N3O10/c1-6-7-8-9-10-11-12-13-14-15-16-17-18-19-28(38)42-25(20-36-21-27(35-24-36)37(39)40)22-41-23-26-29-30(45-33(2,3)44-29)31-32(43-26)47-34(4,5)46-31/h21,24-26,29-32H,6-20,22-23H2,1-5H3/t25?,26-,29+,30+,31-,32-/m1/s1. The third kappa shape index (κ3) is 12.0.